The molecule has 0 aliphatic heterocycles. The fraction of sp³-hybridized carbons (Fsp3) is 0.0476. The van der Waals surface area contributed by atoms with Crippen LogP contribution in [0.5, 0.6) is 0 Å². The Hall–Kier alpha value is -3.40. The third-order valence-electron chi connectivity index (χ3n) is 3.98. The van der Waals surface area contributed by atoms with Gasteiger partial charge in [0.15, 0.2) is 0 Å². The molecule has 122 valence electrons. The predicted octanol–water partition coefficient (Wildman–Crippen LogP) is 4.55. The number of hydrogen-bond acceptors (Lipinski definition) is 3. The van der Waals surface area contributed by atoms with E-state index in [0.29, 0.717) is 6.54 Å². The van der Waals surface area contributed by atoms with Crippen LogP contribution in [0.2, 0.25) is 0 Å². The first-order valence-electron chi connectivity index (χ1n) is 8.24. The summed E-state index contributed by atoms with van der Waals surface area (Å²) in [6.45, 7) is 0.661. The number of aromatic nitrogens is 3. The summed E-state index contributed by atoms with van der Waals surface area (Å²) < 4.78 is 1.93. The monoisotopic (exact) mass is 326 g/mol. The van der Waals surface area contributed by atoms with E-state index in [4.69, 9.17) is 5.10 Å². The smallest absolute Gasteiger partial charge is 0.126 e. The van der Waals surface area contributed by atoms with Crippen molar-refractivity contribution in [3.8, 4) is 16.9 Å². The number of nitrogens with zero attached hydrogens (tertiary/aromatic N) is 3. The fourth-order valence-electron chi connectivity index (χ4n) is 2.74. The second kappa shape index (κ2) is 7.01. The highest BCUT2D eigenvalue weighted by Crippen LogP contribution is 2.24. The first-order valence-corrected chi connectivity index (χ1v) is 8.24. The predicted molar refractivity (Wildman–Crippen MR) is 101 cm³/mol. The highest BCUT2D eigenvalue weighted by Gasteiger charge is 2.12. The van der Waals surface area contributed by atoms with Gasteiger partial charge in [-0.3, -0.25) is 0 Å². The van der Waals surface area contributed by atoms with Gasteiger partial charge in [-0.25, -0.2) is 9.67 Å². The maximum Gasteiger partial charge on any atom is 0.126 e. The topological polar surface area (TPSA) is 42.7 Å². The molecule has 4 rings (SSSR count). The van der Waals surface area contributed by atoms with Crippen molar-refractivity contribution < 1.29 is 0 Å². The highest BCUT2D eigenvalue weighted by atomic mass is 15.3. The summed E-state index contributed by atoms with van der Waals surface area (Å²) in [4.78, 5) is 4.32. The van der Waals surface area contributed by atoms with Crippen LogP contribution in [-0.4, -0.2) is 14.8 Å². The van der Waals surface area contributed by atoms with Crippen LogP contribution in [0.1, 0.15) is 5.56 Å². The molecule has 2 aromatic heterocycles. The van der Waals surface area contributed by atoms with Gasteiger partial charge in [-0.05, 0) is 24.3 Å². The van der Waals surface area contributed by atoms with Gasteiger partial charge in [-0.2, -0.15) is 5.10 Å². The average Bonchev–Trinajstić information content (AvgIpc) is 3.13. The standard InChI is InChI=1S/C21H18N4/c1-3-9-17(10-4-1)21-18(15-23-20-13-7-8-14-22-20)16-25(24-21)19-11-5-2-6-12-19/h1-14,16H,15H2,(H,22,23). The Morgan fingerprint density at radius 2 is 1.52 bits per heavy atom. The zero-order valence-corrected chi connectivity index (χ0v) is 13.7. The Morgan fingerprint density at radius 1 is 0.800 bits per heavy atom. The van der Waals surface area contributed by atoms with Gasteiger partial charge in [0, 0.05) is 30.1 Å². The van der Waals surface area contributed by atoms with Gasteiger partial charge in [0.2, 0.25) is 0 Å². The maximum absolute atomic E-state index is 4.82. The molecule has 0 aliphatic carbocycles. The second-order valence-electron chi connectivity index (χ2n) is 5.72. The summed E-state index contributed by atoms with van der Waals surface area (Å²) in [5, 5.41) is 8.19. The van der Waals surface area contributed by atoms with Crippen molar-refractivity contribution >= 4 is 5.82 Å². The average molecular weight is 326 g/mol. The minimum absolute atomic E-state index is 0.661. The van der Waals surface area contributed by atoms with Gasteiger partial charge in [0.05, 0.1) is 11.4 Å². The SMILES string of the molecule is c1ccc(-c2nn(-c3ccccc3)cc2CNc2ccccn2)cc1. The Bertz CT molecular complexity index is 932. The molecule has 25 heavy (non-hydrogen) atoms. The second-order valence-corrected chi connectivity index (χ2v) is 5.72. The summed E-state index contributed by atoms with van der Waals surface area (Å²) in [7, 11) is 0. The molecule has 4 heteroatoms. The molecule has 0 amide bonds. The molecule has 4 aromatic rings. The van der Waals surface area contributed by atoms with E-state index in [1.807, 2.05) is 59.3 Å². The van der Waals surface area contributed by atoms with Crippen molar-refractivity contribution in [2.75, 3.05) is 5.32 Å². The van der Waals surface area contributed by atoms with E-state index in [-0.39, 0.29) is 0 Å². The molecule has 0 saturated carbocycles. The van der Waals surface area contributed by atoms with E-state index in [0.717, 1.165) is 28.3 Å². The normalized spacial score (nSPS) is 10.6. The number of rotatable bonds is 5. The summed E-state index contributed by atoms with van der Waals surface area (Å²) in [5.74, 6) is 0.856. The summed E-state index contributed by atoms with van der Waals surface area (Å²) in [5.41, 5.74) is 4.26. The van der Waals surface area contributed by atoms with Gasteiger partial charge in [-0.15, -0.1) is 0 Å². The quantitative estimate of drug-likeness (QED) is 0.585. The Kier molecular flexibility index (Phi) is 4.25. The molecule has 0 spiro atoms. The minimum atomic E-state index is 0.661. The lowest BCUT2D eigenvalue weighted by Crippen LogP contribution is -2.01. The zero-order valence-electron chi connectivity index (χ0n) is 13.7. The lowest BCUT2D eigenvalue weighted by atomic mass is 10.1. The number of nitrogens with one attached hydrogen (secondary N) is 1. The molecule has 0 fully saturated rings. The van der Waals surface area contributed by atoms with Crippen molar-refractivity contribution in [2.24, 2.45) is 0 Å². The van der Waals surface area contributed by atoms with E-state index in [2.05, 4.69) is 40.8 Å². The zero-order chi connectivity index (χ0) is 16.9. The van der Waals surface area contributed by atoms with Crippen molar-refractivity contribution in [2.45, 2.75) is 6.54 Å². The van der Waals surface area contributed by atoms with Crippen LogP contribution >= 0.6 is 0 Å². The molecule has 1 N–H and O–H groups in total. The van der Waals surface area contributed by atoms with E-state index in [1.54, 1.807) is 6.20 Å². The van der Waals surface area contributed by atoms with Crippen molar-refractivity contribution in [3.05, 3.63) is 96.8 Å². The highest BCUT2D eigenvalue weighted by molar-refractivity contribution is 5.63. The largest absolute Gasteiger partial charge is 0.366 e. The fourth-order valence-corrected chi connectivity index (χ4v) is 2.74. The number of pyridine rings is 1. The molecule has 0 radical (unpaired) electrons. The molecule has 2 heterocycles. The molecule has 0 unspecified atom stereocenters. The molecule has 0 saturated heterocycles. The van der Waals surface area contributed by atoms with E-state index in [9.17, 15) is 0 Å². The molecule has 0 atom stereocenters. The van der Waals surface area contributed by atoms with Crippen LogP contribution in [0, 0.1) is 0 Å². The Balaban J connectivity index is 1.69. The Morgan fingerprint density at radius 3 is 2.24 bits per heavy atom. The summed E-state index contributed by atoms with van der Waals surface area (Å²) in [6, 6.07) is 26.3. The van der Waals surface area contributed by atoms with Crippen LogP contribution in [0.25, 0.3) is 16.9 Å². The first kappa shape index (κ1) is 15.1. The molecular weight excluding hydrogens is 308 g/mol. The lowest BCUT2D eigenvalue weighted by Gasteiger charge is -2.05. The number of para-hydroxylation sites is 1. The van der Waals surface area contributed by atoms with Gasteiger partial charge >= 0.3 is 0 Å². The third-order valence-corrected chi connectivity index (χ3v) is 3.98. The maximum atomic E-state index is 4.82. The lowest BCUT2D eigenvalue weighted by molar-refractivity contribution is 0.883. The van der Waals surface area contributed by atoms with E-state index >= 15 is 0 Å². The van der Waals surface area contributed by atoms with Crippen LogP contribution in [0.15, 0.2) is 91.3 Å². The summed E-state index contributed by atoms with van der Waals surface area (Å²) >= 11 is 0. The molecule has 0 aliphatic rings. The van der Waals surface area contributed by atoms with Crippen molar-refractivity contribution in [3.63, 3.8) is 0 Å². The van der Waals surface area contributed by atoms with Crippen LogP contribution in [-0.2, 0) is 6.54 Å². The molecule has 0 bridgehead atoms. The molecule has 4 nitrogen and oxygen atoms in total. The number of benzene rings is 2. The van der Waals surface area contributed by atoms with Crippen molar-refractivity contribution in [1.29, 1.82) is 0 Å². The molecule has 2 aromatic carbocycles. The van der Waals surface area contributed by atoms with Crippen LogP contribution in [0.4, 0.5) is 5.82 Å². The first-order chi connectivity index (χ1) is 12.4. The number of anilines is 1. The van der Waals surface area contributed by atoms with Gasteiger partial charge in [-0.1, -0.05) is 54.6 Å². The van der Waals surface area contributed by atoms with Gasteiger partial charge < -0.3 is 5.32 Å². The third kappa shape index (κ3) is 3.43. The van der Waals surface area contributed by atoms with Crippen LogP contribution < -0.4 is 5.32 Å². The number of hydrogen-bond donors (Lipinski definition) is 1. The van der Waals surface area contributed by atoms with Gasteiger partial charge in [0.1, 0.15) is 5.82 Å². The van der Waals surface area contributed by atoms with Gasteiger partial charge in [0.25, 0.3) is 0 Å². The van der Waals surface area contributed by atoms with E-state index in [1.165, 1.54) is 0 Å². The molecular formula is C21H18N4. The van der Waals surface area contributed by atoms with Crippen molar-refractivity contribution in [1.82, 2.24) is 14.8 Å². The van der Waals surface area contributed by atoms with E-state index < -0.39 is 0 Å². The minimum Gasteiger partial charge on any atom is -0.366 e. The Labute approximate surface area is 146 Å². The van der Waals surface area contributed by atoms with Crippen LogP contribution in [0.3, 0.4) is 0 Å². The summed E-state index contributed by atoms with van der Waals surface area (Å²) in [6.07, 6.45) is 3.86.